The second-order valence-electron chi connectivity index (χ2n) is 4.69. The number of hydrogen-bond donors (Lipinski definition) is 2. The van der Waals surface area contributed by atoms with Gasteiger partial charge in [0.15, 0.2) is 5.03 Å². The first kappa shape index (κ1) is 14.9. The van der Waals surface area contributed by atoms with E-state index in [0.29, 0.717) is 6.42 Å². The molecule has 0 saturated carbocycles. The van der Waals surface area contributed by atoms with Crippen LogP contribution in [-0.2, 0) is 14.8 Å². The normalized spacial score (nSPS) is 25.1. The van der Waals surface area contributed by atoms with E-state index in [2.05, 4.69) is 4.98 Å². The third-order valence-electron chi connectivity index (χ3n) is 3.34. The lowest BCUT2D eigenvalue weighted by molar-refractivity contribution is -0.145. The van der Waals surface area contributed by atoms with Gasteiger partial charge in [0.05, 0.1) is 12.0 Å². The molecular weight excluding hydrogens is 284 g/mol. The van der Waals surface area contributed by atoms with Gasteiger partial charge in [-0.1, -0.05) is 6.07 Å². The van der Waals surface area contributed by atoms with Gasteiger partial charge in [-0.3, -0.25) is 4.79 Å². The van der Waals surface area contributed by atoms with Crippen LogP contribution in [0, 0.1) is 5.92 Å². The van der Waals surface area contributed by atoms with Gasteiger partial charge >= 0.3 is 5.97 Å². The molecule has 0 aliphatic carbocycles. The number of aliphatic hydroxyl groups is 1. The zero-order valence-corrected chi connectivity index (χ0v) is 11.5. The number of rotatable bonds is 3. The fourth-order valence-corrected chi connectivity index (χ4v) is 3.67. The molecule has 1 fully saturated rings. The van der Waals surface area contributed by atoms with Gasteiger partial charge in [-0.05, 0) is 25.0 Å². The Morgan fingerprint density at radius 2 is 2.15 bits per heavy atom. The molecule has 1 aromatic heterocycles. The zero-order chi connectivity index (χ0) is 14.8. The van der Waals surface area contributed by atoms with Crippen molar-refractivity contribution in [2.45, 2.75) is 24.0 Å². The van der Waals surface area contributed by atoms with Crippen molar-refractivity contribution in [3.63, 3.8) is 0 Å². The van der Waals surface area contributed by atoms with E-state index in [-0.39, 0.29) is 24.5 Å². The monoisotopic (exact) mass is 300 g/mol. The summed E-state index contributed by atoms with van der Waals surface area (Å²) in [5, 5.41) is 18.8. The van der Waals surface area contributed by atoms with Crippen LogP contribution >= 0.6 is 0 Å². The SMILES string of the molecule is O=C(O)[C@H]1CCCN(S(=O)(=O)c2ccccn2)C[C@H]1O. The lowest BCUT2D eigenvalue weighted by Crippen LogP contribution is -2.40. The maximum Gasteiger partial charge on any atom is 0.309 e. The summed E-state index contributed by atoms with van der Waals surface area (Å²) < 4.78 is 25.8. The van der Waals surface area contributed by atoms with Gasteiger partial charge in [0, 0.05) is 19.3 Å². The molecule has 7 nitrogen and oxygen atoms in total. The van der Waals surface area contributed by atoms with Crippen LogP contribution in [0.5, 0.6) is 0 Å². The molecule has 0 radical (unpaired) electrons. The minimum Gasteiger partial charge on any atom is -0.481 e. The van der Waals surface area contributed by atoms with Crippen molar-refractivity contribution in [1.82, 2.24) is 9.29 Å². The third kappa shape index (κ3) is 2.97. The molecule has 8 heteroatoms. The van der Waals surface area contributed by atoms with Crippen LogP contribution in [-0.4, -0.2) is 53.1 Å². The van der Waals surface area contributed by atoms with Crippen molar-refractivity contribution in [1.29, 1.82) is 0 Å². The van der Waals surface area contributed by atoms with Crippen molar-refractivity contribution in [2.75, 3.05) is 13.1 Å². The molecule has 2 heterocycles. The summed E-state index contributed by atoms with van der Waals surface area (Å²) in [5.74, 6) is -2.03. The van der Waals surface area contributed by atoms with Crippen LogP contribution in [0.1, 0.15) is 12.8 Å². The van der Waals surface area contributed by atoms with E-state index in [1.165, 1.54) is 12.3 Å². The van der Waals surface area contributed by atoms with E-state index >= 15 is 0 Å². The maximum atomic E-state index is 12.4. The van der Waals surface area contributed by atoms with Gasteiger partial charge < -0.3 is 10.2 Å². The molecule has 2 rings (SSSR count). The molecule has 1 aliphatic heterocycles. The fraction of sp³-hybridized carbons (Fsp3) is 0.500. The molecule has 20 heavy (non-hydrogen) atoms. The standard InChI is InChI=1S/C12H16N2O5S/c15-10-8-14(7-3-4-9(10)12(16)17)20(18,19)11-5-1-2-6-13-11/h1-2,5-6,9-10,15H,3-4,7-8H2,(H,16,17)/t9-,10+/m0/s1. The number of carboxylic acid groups (broad SMARTS) is 1. The summed E-state index contributed by atoms with van der Waals surface area (Å²) in [5.41, 5.74) is 0. The van der Waals surface area contributed by atoms with Crippen LogP contribution in [0.25, 0.3) is 0 Å². The van der Waals surface area contributed by atoms with E-state index in [1.54, 1.807) is 12.1 Å². The molecule has 0 unspecified atom stereocenters. The van der Waals surface area contributed by atoms with Crippen LogP contribution in [0.3, 0.4) is 0 Å². The maximum absolute atomic E-state index is 12.4. The van der Waals surface area contributed by atoms with Crippen molar-refractivity contribution < 1.29 is 23.4 Å². The Morgan fingerprint density at radius 3 is 2.75 bits per heavy atom. The number of β-amino-alcohol motifs (C(OH)–C–C–N with tert-alkyl or cyclic N) is 1. The second-order valence-corrected chi connectivity index (χ2v) is 6.57. The average molecular weight is 300 g/mol. The average Bonchev–Trinajstić information content (AvgIpc) is 2.62. The van der Waals surface area contributed by atoms with Gasteiger partial charge in [-0.15, -0.1) is 0 Å². The van der Waals surface area contributed by atoms with Gasteiger partial charge in [0.2, 0.25) is 0 Å². The topological polar surface area (TPSA) is 108 Å². The van der Waals surface area contributed by atoms with Crippen LogP contribution < -0.4 is 0 Å². The molecule has 0 amide bonds. The first-order valence-corrected chi connectivity index (χ1v) is 7.69. The molecular formula is C12H16N2O5S. The number of aliphatic hydroxyl groups excluding tert-OH is 1. The summed E-state index contributed by atoms with van der Waals surface area (Å²) in [6, 6.07) is 4.55. The smallest absolute Gasteiger partial charge is 0.309 e. The van der Waals surface area contributed by atoms with Gasteiger partial charge in [-0.25, -0.2) is 13.4 Å². The summed E-state index contributed by atoms with van der Waals surface area (Å²) >= 11 is 0. The second kappa shape index (κ2) is 5.86. The van der Waals surface area contributed by atoms with Crippen LogP contribution in [0.15, 0.2) is 29.4 Å². The van der Waals surface area contributed by atoms with E-state index in [4.69, 9.17) is 5.11 Å². The predicted octanol–water partition coefficient (Wildman–Crippen LogP) is -0.0722. The Hall–Kier alpha value is -1.51. The van der Waals surface area contributed by atoms with Gasteiger partial charge in [-0.2, -0.15) is 4.31 Å². The number of carboxylic acids is 1. The van der Waals surface area contributed by atoms with E-state index in [1.807, 2.05) is 0 Å². The largest absolute Gasteiger partial charge is 0.481 e. The highest BCUT2D eigenvalue weighted by Gasteiger charge is 2.35. The highest BCUT2D eigenvalue weighted by molar-refractivity contribution is 7.89. The molecule has 0 spiro atoms. The zero-order valence-electron chi connectivity index (χ0n) is 10.7. The van der Waals surface area contributed by atoms with Gasteiger partial charge in [0.1, 0.15) is 0 Å². The Morgan fingerprint density at radius 1 is 1.40 bits per heavy atom. The molecule has 110 valence electrons. The Kier molecular flexibility index (Phi) is 4.36. The molecule has 0 aromatic carbocycles. The van der Waals surface area contributed by atoms with Crippen molar-refractivity contribution in [3.05, 3.63) is 24.4 Å². The molecule has 1 aromatic rings. The molecule has 2 N–H and O–H groups in total. The lowest BCUT2D eigenvalue weighted by atomic mass is 9.98. The fourth-order valence-electron chi connectivity index (χ4n) is 2.25. The summed E-state index contributed by atoms with van der Waals surface area (Å²) in [6.45, 7) is -0.0460. The predicted molar refractivity (Wildman–Crippen MR) is 69.4 cm³/mol. The number of sulfonamides is 1. The molecule has 1 aliphatic rings. The van der Waals surface area contributed by atoms with E-state index < -0.39 is 28.0 Å². The Labute approximate surface area is 116 Å². The minimum absolute atomic E-state index is 0.0963. The minimum atomic E-state index is -3.80. The number of carbonyl (C=O) groups is 1. The Balaban J connectivity index is 2.23. The van der Waals surface area contributed by atoms with Crippen LogP contribution in [0.2, 0.25) is 0 Å². The summed E-state index contributed by atoms with van der Waals surface area (Å²) in [4.78, 5) is 14.8. The first-order valence-electron chi connectivity index (χ1n) is 6.25. The number of nitrogens with zero attached hydrogens (tertiary/aromatic N) is 2. The molecule has 1 saturated heterocycles. The quantitative estimate of drug-likeness (QED) is 0.809. The number of aliphatic carboxylic acids is 1. The first-order chi connectivity index (χ1) is 9.43. The van der Waals surface area contributed by atoms with E-state index in [0.717, 1.165) is 4.31 Å². The van der Waals surface area contributed by atoms with Gasteiger partial charge in [0.25, 0.3) is 10.0 Å². The van der Waals surface area contributed by atoms with Crippen molar-refractivity contribution >= 4 is 16.0 Å². The number of hydrogen-bond acceptors (Lipinski definition) is 5. The Bertz CT molecular complexity index is 575. The van der Waals surface area contributed by atoms with Crippen molar-refractivity contribution in [3.8, 4) is 0 Å². The molecule has 2 atom stereocenters. The number of aromatic nitrogens is 1. The highest BCUT2D eigenvalue weighted by Crippen LogP contribution is 2.22. The van der Waals surface area contributed by atoms with E-state index in [9.17, 15) is 18.3 Å². The lowest BCUT2D eigenvalue weighted by Gasteiger charge is -2.22. The molecule has 0 bridgehead atoms. The number of pyridine rings is 1. The van der Waals surface area contributed by atoms with Crippen LogP contribution in [0.4, 0.5) is 0 Å². The third-order valence-corrected chi connectivity index (χ3v) is 5.12. The summed E-state index contributed by atoms with van der Waals surface area (Å²) in [7, 11) is -3.80. The highest BCUT2D eigenvalue weighted by atomic mass is 32.2. The summed E-state index contributed by atoms with van der Waals surface area (Å²) in [6.07, 6.45) is 0.805. The van der Waals surface area contributed by atoms with Crippen molar-refractivity contribution in [2.24, 2.45) is 5.92 Å².